The summed E-state index contributed by atoms with van der Waals surface area (Å²) in [5.74, 6) is 1.44. The van der Waals surface area contributed by atoms with E-state index in [0.717, 1.165) is 18.6 Å². The number of primary sulfonamides is 1. The summed E-state index contributed by atoms with van der Waals surface area (Å²) in [5.41, 5.74) is 0. The van der Waals surface area contributed by atoms with Crippen molar-refractivity contribution in [2.75, 3.05) is 23.9 Å². The molecule has 0 aliphatic heterocycles. The van der Waals surface area contributed by atoms with Gasteiger partial charge in [-0.15, -0.1) is 0 Å². The Bertz CT molecular complexity index is 449. The van der Waals surface area contributed by atoms with Crippen LogP contribution in [-0.2, 0) is 10.0 Å². The Morgan fingerprint density at radius 2 is 2.24 bits per heavy atom. The first-order valence-corrected chi connectivity index (χ1v) is 8.20. The molecule has 1 heterocycles. The van der Waals surface area contributed by atoms with Gasteiger partial charge in [0.1, 0.15) is 10.7 Å². The lowest BCUT2D eigenvalue weighted by molar-refractivity contribution is 0.597. The predicted octanol–water partition coefficient (Wildman–Crippen LogP) is 1.28. The number of nitrogens with two attached hydrogens (primary N) is 1. The molecule has 0 saturated heterocycles. The molecule has 17 heavy (non-hydrogen) atoms. The molecule has 0 amide bonds. The highest BCUT2D eigenvalue weighted by Gasteiger charge is 2.13. The molecule has 3 N–H and O–H groups in total. The zero-order valence-electron chi connectivity index (χ0n) is 9.72. The molecule has 0 aliphatic carbocycles. The average molecular weight is 275 g/mol. The Labute approximate surface area is 106 Å². The van der Waals surface area contributed by atoms with E-state index in [1.807, 2.05) is 0 Å². The number of hydrogen-bond donors (Lipinski definition) is 2. The Hall–Kier alpha value is -0.790. The van der Waals surface area contributed by atoms with E-state index in [-0.39, 0.29) is 4.90 Å². The van der Waals surface area contributed by atoms with Crippen molar-refractivity contribution in [2.45, 2.75) is 17.7 Å². The number of nitrogens with one attached hydrogen (secondary N) is 1. The second-order valence-corrected chi connectivity index (χ2v) is 6.04. The van der Waals surface area contributed by atoms with E-state index in [1.54, 1.807) is 24.0 Å². The van der Waals surface area contributed by atoms with E-state index in [2.05, 4.69) is 16.6 Å². The van der Waals surface area contributed by atoms with Gasteiger partial charge in [-0.05, 0) is 37.0 Å². The van der Waals surface area contributed by atoms with Crippen LogP contribution in [-0.4, -0.2) is 32.0 Å². The third-order valence-electron chi connectivity index (χ3n) is 2.14. The van der Waals surface area contributed by atoms with Gasteiger partial charge in [0, 0.05) is 12.7 Å². The van der Waals surface area contributed by atoms with Gasteiger partial charge in [-0.3, -0.25) is 0 Å². The molecule has 0 saturated carbocycles. The largest absolute Gasteiger partial charge is 0.369 e. The van der Waals surface area contributed by atoms with Crippen LogP contribution in [0.25, 0.3) is 0 Å². The van der Waals surface area contributed by atoms with Crippen LogP contribution in [0.3, 0.4) is 0 Å². The lowest BCUT2D eigenvalue weighted by Crippen LogP contribution is -2.16. The minimum Gasteiger partial charge on any atom is -0.369 e. The molecule has 96 valence electrons. The number of pyridine rings is 1. The van der Waals surface area contributed by atoms with E-state index >= 15 is 0 Å². The molecule has 0 bridgehead atoms. The molecule has 0 unspecified atom stereocenters. The van der Waals surface area contributed by atoms with Gasteiger partial charge < -0.3 is 5.32 Å². The molecule has 1 aromatic rings. The van der Waals surface area contributed by atoms with E-state index in [0.29, 0.717) is 12.4 Å². The summed E-state index contributed by atoms with van der Waals surface area (Å²) < 4.78 is 22.6. The fourth-order valence-corrected chi connectivity index (χ4v) is 2.49. The normalized spacial score (nSPS) is 11.4. The molecule has 0 aliphatic rings. The van der Waals surface area contributed by atoms with Crippen LogP contribution in [0.5, 0.6) is 0 Å². The fraction of sp³-hybridized carbons (Fsp3) is 0.500. The number of thioether (sulfide) groups is 1. The molecule has 1 rings (SSSR count). The standard InChI is InChI=1S/C10H17N3O2S2/c1-16-8-3-2-6-12-10-9(17(11,14)15)5-4-7-13-10/h4-5,7H,2-3,6,8H2,1H3,(H,12,13)(H2,11,14,15). The molecule has 7 heteroatoms. The first-order valence-electron chi connectivity index (χ1n) is 5.26. The predicted molar refractivity (Wildman–Crippen MR) is 71.7 cm³/mol. The minimum absolute atomic E-state index is 0.0462. The highest BCUT2D eigenvalue weighted by molar-refractivity contribution is 7.98. The molecule has 0 fully saturated rings. The summed E-state index contributed by atoms with van der Waals surface area (Å²) in [6, 6.07) is 3.01. The molecule has 5 nitrogen and oxygen atoms in total. The molecular formula is C10H17N3O2S2. The molecule has 0 atom stereocenters. The van der Waals surface area contributed by atoms with Crippen molar-refractivity contribution in [3.05, 3.63) is 18.3 Å². The summed E-state index contributed by atoms with van der Waals surface area (Å²) in [6.45, 7) is 0.695. The smallest absolute Gasteiger partial charge is 0.241 e. The van der Waals surface area contributed by atoms with E-state index in [1.165, 1.54) is 6.07 Å². The summed E-state index contributed by atoms with van der Waals surface area (Å²) in [6.07, 6.45) is 5.66. The maximum atomic E-state index is 11.3. The van der Waals surface area contributed by atoms with Crippen LogP contribution in [0.4, 0.5) is 5.82 Å². The van der Waals surface area contributed by atoms with Gasteiger partial charge in [-0.1, -0.05) is 0 Å². The van der Waals surface area contributed by atoms with Crippen LogP contribution >= 0.6 is 11.8 Å². The van der Waals surface area contributed by atoms with Crippen molar-refractivity contribution < 1.29 is 8.42 Å². The molecule has 1 aromatic heterocycles. The topological polar surface area (TPSA) is 85.1 Å². The number of sulfonamides is 1. The van der Waals surface area contributed by atoms with Crippen molar-refractivity contribution in [3.8, 4) is 0 Å². The number of rotatable bonds is 7. The third kappa shape index (κ3) is 4.93. The van der Waals surface area contributed by atoms with Crippen LogP contribution in [0.15, 0.2) is 23.2 Å². The van der Waals surface area contributed by atoms with Gasteiger partial charge in [0.15, 0.2) is 0 Å². The lowest BCUT2D eigenvalue weighted by atomic mass is 10.3. The van der Waals surface area contributed by atoms with E-state index in [9.17, 15) is 8.42 Å². The summed E-state index contributed by atoms with van der Waals surface area (Å²) in [7, 11) is -3.71. The summed E-state index contributed by atoms with van der Waals surface area (Å²) >= 11 is 1.80. The van der Waals surface area contributed by atoms with Gasteiger partial charge in [0.05, 0.1) is 0 Å². The van der Waals surface area contributed by atoms with Crippen LogP contribution in [0.2, 0.25) is 0 Å². The Morgan fingerprint density at radius 1 is 1.47 bits per heavy atom. The van der Waals surface area contributed by atoms with Crippen molar-refractivity contribution in [2.24, 2.45) is 5.14 Å². The monoisotopic (exact) mass is 275 g/mol. The van der Waals surface area contributed by atoms with Gasteiger partial charge in [-0.25, -0.2) is 18.5 Å². The molecular weight excluding hydrogens is 258 g/mol. The number of unbranched alkanes of at least 4 members (excludes halogenated alkanes) is 1. The average Bonchev–Trinajstić information content (AvgIpc) is 2.28. The Morgan fingerprint density at radius 3 is 2.88 bits per heavy atom. The van der Waals surface area contributed by atoms with Crippen LogP contribution in [0.1, 0.15) is 12.8 Å². The van der Waals surface area contributed by atoms with Crippen molar-refractivity contribution in [3.63, 3.8) is 0 Å². The van der Waals surface area contributed by atoms with E-state index < -0.39 is 10.0 Å². The Balaban J connectivity index is 2.59. The third-order valence-corrected chi connectivity index (χ3v) is 3.78. The SMILES string of the molecule is CSCCCCNc1ncccc1S(N)(=O)=O. The number of nitrogens with zero attached hydrogens (tertiary/aromatic N) is 1. The Kier molecular flexibility index (Phi) is 5.73. The number of hydrogen-bond acceptors (Lipinski definition) is 5. The first kappa shape index (κ1) is 14.3. The summed E-state index contributed by atoms with van der Waals surface area (Å²) in [5, 5.41) is 8.10. The minimum atomic E-state index is -3.71. The number of anilines is 1. The second kappa shape index (κ2) is 6.83. The van der Waals surface area contributed by atoms with Crippen molar-refractivity contribution in [1.29, 1.82) is 0 Å². The van der Waals surface area contributed by atoms with Crippen LogP contribution < -0.4 is 10.5 Å². The summed E-state index contributed by atoms with van der Waals surface area (Å²) in [4.78, 5) is 4.03. The number of aromatic nitrogens is 1. The van der Waals surface area contributed by atoms with Crippen molar-refractivity contribution in [1.82, 2.24) is 4.98 Å². The fourth-order valence-electron chi connectivity index (χ4n) is 1.33. The molecule has 0 spiro atoms. The van der Waals surface area contributed by atoms with Crippen molar-refractivity contribution >= 4 is 27.6 Å². The lowest BCUT2D eigenvalue weighted by Gasteiger charge is -2.08. The molecule has 0 radical (unpaired) electrons. The van der Waals surface area contributed by atoms with Crippen LogP contribution in [0, 0.1) is 0 Å². The van der Waals surface area contributed by atoms with Gasteiger partial charge in [0.2, 0.25) is 10.0 Å². The van der Waals surface area contributed by atoms with Gasteiger partial charge >= 0.3 is 0 Å². The highest BCUT2D eigenvalue weighted by atomic mass is 32.2. The van der Waals surface area contributed by atoms with Gasteiger partial charge in [0.25, 0.3) is 0 Å². The molecule has 0 aromatic carbocycles. The maximum Gasteiger partial charge on any atom is 0.241 e. The highest BCUT2D eigenvalue weighted by Crippen LogP contribution is 2.16. The maximum absolute atomic E-state index is 11.3. The quantitative estimate of drug-likeness (QED) is 0.732. The first-order chi connectivity index (χ1) is 8.05. The zero-order chi connectivity index (χ0) is 12.7. The van der Waals surface area contributed by atoms with Gasteiger partial charge in [-0.2, -0.15) is 11.8 Å². The second-order valence-electron chi connectivity index (χ2n) is 3.52. The zero-order valence-corrected chi connectivity index (χ0v) is 11.4. The van der Waals surface area contributed by atoms with E-state index in [4.69, 9.17) is 5.14 Å².